The molecule has 0 fully saturated rings. The molecular weight excluding hydrogens is 410 g/mol. The van der Waals surface area contributed by atoms with Gasteiger partial charge in [0.25, 0.3) is 0 Å². The summed E-state index contributed by atoms with van der Waals surface area (Å²) in [5, 5.41) is 0. The molecule has 4 nitrogen and oxygen atoms in total. The first-order chi connectivity index (χ1) is 16.1. The van der Waals surface area contributed by atoms with E-state index in [-0.39, 0.29) is 17.6 Å². The molecule has 1 aliphatic carbocycles. The molecule has 0 saturated heterocycles. The van der Waals surface area contributed by atoms with E-state index in [0.29, 0.717) is 19.4 Å². The molecule has 0 N–H and O–H groups in total. The van der Waals surface area contributed by atoms with Crippen LogP contribution in [0.4, 0.5) is 5.69 Å². The van der Waals surface area contributed by atoms with Crippen LogP contribution < -0.4 is 9.64 Å². The summed E-state index contributed by atoms with van der Waals surface area (Å²) in [6.07, 6.45) is 2.37. The molecule has 3 aromatic carbocycles. The zero-order valence-electron chi connectivity index (χ0n) is 18.8. The van der Waals surface area contributed by atoms with Crippen LogP contribution in [-0.4, -0.2) is 11.7 Å². The molecule has 1 atom stereocenters. The number of hydrogen-bond acceptors (Lipinski definition) is 3. The molecule has 1 unspecified atom stereocenters. The summed E-state index contributed by atoms with van der Waals surface area (Å²) in [5.41, 5.74) is 5.76. The number of aryl methyl sites for hydroxylation is 1. The molecule has 0 aromatic heterocycles. The Labute approximate surface area is 194 Å². The minimum absolute atomic E-state index is 0.0432. The van der Waals surface area contributed by atoms with E-state index in [9.17, 15) is 9.59 Å². The average molecular weight is 438 g/mol. The smallest absolute Gasteiger partial charge is 0.232 e. The highest BCUT2D eigenvalue weighted by atomic mass is 16.5. The number of nitrogens with zero attached hydrogens (tertiary/aromatic N) is 1. The fourth-order valence-electron chi connectivity index (χ4n) is 4.81. The second kappa shape index (κ2) is 9.07. The van der Waals surface area contributed by atoms with Gasteiger partial charge in [-0.3, -0.25) is 14.5 Å². The van der Waals surface area contributed by atoms with Crippen LogP contribution in [0.2, 0.25) is 0 Å². The van der Waals surface area contributed by atoms with Crippen LogP contribution in [0.5, 0.6) is 5.75 Å². The zero-order chi connectivity index (χ0) is 22.8. The van der Waals surface area contributed by atoms with Crippen molar-refractivity contribution in [1.29, 1.82) is 0 Å². The Bertz CT molecular complexity index is 1190. The predicted octanol–water partition coefficient (Wildman–Crippen LogP) is 6.10. The van der Waals surface area contributed by atoms with E-state index in [2.05, 4.69) is 0 Å². The lowest BCUT2D eigenvalue weighted by molar-refractivity contribution is -0.119. The summed E-state index contributed by atoms with van der Waals surface area (Å²) in [6, 6.07) is 25.8. The Morgan fingerprint density at radius 3 is 2.33 bits per heavy atom. The van der Waals surface area contributed by atoms with Crippen molar-refractivity contribution in [3.63, 3.8) is 0 Å². The van der Waals surface area contributed by atoms with Crippen LogP contribution in [0.15, 0.2) is 90.1 Å². The summed E-state index contributed by atoms with van der Waals surface area (Å²) < 4.78 is 5.91. The molecule has 0 radical (unpaired) electrons. The topological polar surface area (TPSA) is 46.6 Å². The minimum Gasteiger partial charge on any atom is -0.489 e. The second-order valence-corrected chi connectivity index (χ2v) is 8.80. The Hall–Kier alpha value is -3.66. The molecule has 0 saturated carbocycles. The summed E-state index contributed by atoms with van der Waals surface area (Å²) in [4.78, 5) is 28.1. The third-order valence-electron chi connectivity index (χ3n) is 6.50. The first kappa shape index (κ1) is 21.2. The fourth-order valence-corrected chi connectivity index (χ4v) is 4.81. The number of hydrogen-bond donors (Lipinski definition) is 0. The standard InChI is InChI=1S/C29H27NO3/c1-20-10-14-23(15-11-20)30-26-8-5-9-27(31)29(26)25(18-28(30)32)22-12-16-24(17-13-22)33-19-21-6-3-2-4-7-21/h2-4,6-7,10-17,25H,5,8-9,18-19H2,1H3. The largest absolute Gasteiger partial charge is 0.489 e. The molecule has 1 heterocycles. The van der Waals surface area contributed by atoms with E-state index in [1.807, 2.05) is 85.8 Å². The van der Waals surface area contributed by atoms with Crippen molar-refractivity contribution in [2.75, 3.05) is 4.90 Å². The highest BCUT2D eigenvalue weighted by Crippen LogP contribution is 2.43. The van der Waals surface area contributed by atoms with Gasteiger partial charge in [-0.1, -0.05) is 60.2 Å². The summed E-state index contributed by atoms with van der Waals surface area (Å²) >= 11 is 0. The number of benzene rings is 3. The molecule has 166 valence electrons. The van der Waals surface area contributed by atoms with Gasteiger partial charge in [-0.05, 0) is 55.2 Å². The normalized spacial score (nSPS) is 18.3. The van der Waals surface area contributed by atoms with E-state index >= 15 is 0 Å². The molecule has 3 aromatic rings. The van der Waals surface area contributed by atoms with E-state index in [1.165, 1.54) is 0 Å². The van der Waals surface area contributed by atoms with Crippen LogP contribution in [-0.2, 0) is 16.2 Å². The lowest BCUT2D eigenvalue weighted by Crippen LogP contribution is -2.40. The van der Waals surface area contributed by atoms with Gasteiger partial charge < -0.3 is 4.74 Å². The number of ketones is 1. The number of allylic oxidation sites excluding steroid dienone is 2. The predicted molar refractivity (Wildman–Crippen MR) is 129 cm³/mol. The monoisotopic (exact) mass is 437 g/mol. The number of carbonyl (C=O) groups excluding carboxylic acids is 2. The van der Waals surface area contributed by atoms with Crippen molar-refractivity contribution in [2.24, 2.45) is 0 Å². The van der Waals surface area contributed by atoms with Crippen LogP contribution in [0.1, 0.15) is 48.3 Å². The van der Waals surface area contributed by atoms with E-state index in [0.717, 1.165) is 52.2 Å². The SMILES string of the molecule is Cc1ccc(N2C(=O)CC(c3ccc(OCc4ccccc4)cc3)C3=C2CCCC3=O)cc1. The number of carbonyl (C=O) groups is 2. The van der Waals surface area contributed by atoms with Gasteiger partial charge in [-0.15, -0.1) is 0 Å². The number of anilines is 1. The van der Waals surface area contributed by atoms with Crippen molar-refractivity contribution in [1.82, 2.24) is 0 Å². The summed E-state index contributed by atoms with van der Waals surface area (Å²) in [6.45, 7) is 2.53. The molecular formula is C29H27NO3. The van der Waals surface area contributed by atoms with Gasteiger partial charge in [0.05, 0.1) is 0 Å². The van der Waals surface area contributed by atoms with Crippen molar-refractivity contribution >= 4 is 17.4 Å². The van der Waals surface area contributed by atoms with Crippen molar-refractivity contribution in [3.8, 4) is 5.75 Å². The Balaban J connectivity index is 1.43. The maximum Gasteiger partial charge on any atom is 0.232 e. The number of rotatable bonds is 5. The molecule has 0 spiro atoms. The maximum atomic E-state index is 13.3. The summed E-state index contributed by atoms with van der Waals surface area (Å²) in [7, 11) is 0. The minimum atomic E-state index is -0.204. The van der Waals surface area contributed by atoms with E-state index < -0.39 is 0 Å². The third kappa shape index (κ3) is 4.34. The van der Waals surface area contributed by atoms with Crippen molar-refractivity contribution in [2.45, 2.75) is 45.1 Å². The molecule has 33 heavy (non-hydrogen) atoms. The zero-order valence-corrected chi connectivity index (χ0v) is 18.8. The molecule has 4 heteroatoms. The average Bonchev–Trinajstić information content (AvgIpc) is 2.84. The van der Waals surface area contributed by atoms with Crippen molar-refractivity contribution in [3.05, 3.63) is 107 Å². The summed E-state index contributed by atoms with van der Waals surface area (Å²) in [5.74, 6) is 0.775. The van der Waals surface area contributed by atoms with E-state index in [1.54, 1.807) is 4.90 Å². The van der Waals surface area contributed by atoms with E-state index in [4.69, 9.17) is 4.74 Å². The van der Waals surface area contributed by atoms with Gasteiger partial charge in [0.15, 0.2) is 5.78 Å². The van der Waals surface area contributed by atoms with Crippen LogP contribution in [0, 0.1) is 6.92 Å². The van der Waals surface area contributed by atoms with Crippen molar-refractivity contribution < 1.29 is 14.3 Å². The van der Waals surface area contributed by atoms with Gasteiger partial charge in [0.2, 0.25) is 5.91 Å². The van der Waals surface area contributed by atoms with Gasteiger partial charge >= 0.3 is 0 Å². The first-order valence-corrected chi connectivity index (χ1v) is 11.5. The highest BCUT2D eigenvalue weighted by Gasteiger charge is 2.39. The lowest BCUT2D eigenvalue weighted by Gasteiger charge is -2.38. The first-order valence-electron chi connectivity index (χ1n) is 11.5. The molecule has 1 amide bonds. The second-order valence-electron chi connectivity index (χ2n) is 8.80. The molecule has 1 aliphatic heterocycles. The molecule has 2 aliphatic rings. The fraction of sp³-hybridized carbons (Fsp3) is 0.241. The number of amides is 1. The van der Waals surface area contributed by atoms with Crippen LogP contribution in [0.25, 0.3) is 0 Å². The number of ether oxygens (including phenoxy) is 1. The lowest BCUT2D eigenvalue weighted by atomic mass is 9.77. The van der Waals surface area contributed by atoms with Gasteiger partial charge in [-0.25, -0.2) is 0 Å². The maximum absolute atomic E-state index is 13.3. The Kier molecular flexibility index (Phi) is 5.82. The molecule has 5 rings (SSSR count). The third-order valence-corrected chi connectivity index (χ3v) is 6.50. The van der Waals surface area contributed by atoms with Gasteiger partial charge in [0, 0.05) is 35.7 Å². The van der Waals surface area contributed by atoms with Gasteiger partial charge in [0.1, 0.15) is 12.4 Å². The molecule has 0 bridgehead atoms. The highest BCUT2D eigenvalue weighted by molar-refractivity contribution is 6.07. The Morgan fingerprint density at radius 2 is 1.61 bits per heavy atom. The van der Waals surface area contributed by atoms with Crippen LogP contribution in [0.3, 0.4) is 0 Å². The Morgan fingerprint density at radius 1 is 0.879 bits per heavy atom. The quantitative estimate of drug-likeness (QED) is 0.484. The van der Waals surface area contributed by atoms with Crippen LogP contribution >= 0.6 is 0 Å². The van der Waals surface area contributed by atoms with Gasteiger partial charge in [-0.2, -0.15) is 0 Å². The number of Topliss-reactive ketones (excluding diaryl/α,β-unsaturated/α-hetero) is 1.